The van der Waals surface area contributed by atoms with Crippen molar-refractivity contribution in [2.45, 2.75) is 44.9 Å². The summed E-state index contributed by atoms with van der Waals surface area (Å²) in [7, 11) is 0. The third-order valence-corrected chi connectivity index (χ3v) is 4.28. The van der Waals surface area contributed by atoms with Crippen molar-refractivity contribution in [3.8, 4) is 0 Å². The zero-order chi connectivity index (χ0) is 10.9. The van der Waals surface area contributed by atoms with E-state index < -0.39 is 11.4 Å². The number of carboxylic acid groups (broad SMARTS) is 1. The molecule has 2 saturated carbocycles. The molecule has 0 aromatic carbocycles. The monoisotopic (exact) mass is 211 g/mol. The van der Waals surface area contributed by atoms with Crippen LogP contribution >= 0.6 is 0 Å². The lowest BCUT2D eigenvalue weighted by atomic mass is 9.74. The molecule has 3 nitrogen and oxygen atoms in total. The van der Waals surface area contributed by atoms with Gasteiger partial charge in [-0.05, 0) is 31.1 Å². The minimum absolute atomic E-state index is 0.323. The Kier molecular flexibility index (Phi) is 3.01. The maximum absolute atomic E-state index is 11.4. The molecule has 0 saturated heterocycles. The first-order valence-corrected chi connectivity index (χ1v) is 6.12. The highest BCUT2D eigenvalue weighted by atomic mass is 16.4. The molecule has 0 spiro atoms. The first-order valence-electron chi connectivity index (χ1n) is 6.12. The van der Waals surface area contributed by atoms with Crippen molar-refractivity contribution < 1.29 is 9.90 Å². The minimum atomic E-state index is -0.653. The van der Waals surface area contributed by atoms with E-state index in [1.165, 1.54) is 25.7 Å². The van der Waals surface area contributed by atoms with Crippen LogP contribution in [0.2, 0.25) is 0 Å². The van der Waals surface area contributed by atoms with Crippen molar-refractivity contribution in [1.82, 2.24) is 0 Å². The smallest absolute Gasteiger partial charge is 0.311 e. The lowest BCUT2D eigenvalue weighted by molar-refractivity contribution is -0.151. The molecule has 2 aliphatic rings. The maximum Gasteiger partial charge on any atom is 0.311 e. The van der Waals surface area contributed by atoms with E-state index in [0.717, 1.165) is 19.3 Å². The Bertz CT molecular complexity index is 244. The van der Waals surface area contributed by atoms with Crippen LogP contribution < -0.4 is 5.73 Å². The predicted molar refractivity (Wildman–Crippen MR) is 58.4 cm³/mol. The number of carbonyl (C=O) groups is 1. The van der Waals surface area contributed by atoms with Gasteiger partial charge in [-0.1, -0.05) is 25.7 Å². The van der Waals surface area contributed by atoms with E-state index in [-0.39, 0.29) is 0 Å². The lowest BCUT2D eigenvalue weighted by Crippen LogP contribution is -2.42. The fourth-order valence-electron chi connectivity index (χ4n) is 3.13. The lowest BCUT2D eigenvalue weighted by Gasteiger charge is -2.30. The van der Waals surface area contributed by atoms with Crippen molar-refractivity contribution in [2.75, 3.05) is 6.54 Å². The van der Waals surface area contributed by atoms with E-state index in [9.17, 15) is 9.90 Å². The Morgan fingerprint density at radius 2 is 1.87 bits per heavy atom. The molecular formula is C12H21NO2. The highest BCUT2D eigenvalue weighted by Crippen LogP contribution is 2.50. The molecule has 0 aromatic heterocycles. The van der Waals surface area contributed by atoms with E-state index in [1.807, 2.05) is 0 Å². The Balaban J connectivity index is 2.06. The van der Waals surface area contributed by atoms with E-state index in [4.69, 9.17) is 5.73 Å². The van der Waals surface area contributed by atoms with Crippen LogP contribution in [0.4, 0.5) is 0 Å². The second-order valence-electron chi connectivity index (χ2n) is 5.29. The molecule has 0 aromatic rings. The zero-order valence-corrected chi connectivity index (χ0v) is 9.24. The van der Waals surface area contributed by atoms with Gasteiger partial charge in [0.05, 0.1) is 5.41 Å². The standard InChI is InChI=1S/C12H21NO2/c13-8-12(11(14)15,10-5-6-10)7-9-3-1-2-4-9/h9-10H,1-8,13H2,(H,14,15). The molecule has 0 heterocycles. The molecule has 0 aliphatic heterocycles. The average molecular weight is 211 g/mol. The molecule has 2 rings (SSSR count). The topological polar surface area (TPSA) is 63.3 Å². The second kappa shape index (κ2) is 4.12. The SMILES string of the molecule is NCC(CC1CCCC1)(C(=O)O)C1CC1. The van der Waals surface area contributed by atoms with Gasteiger partial charge in [0.1, 0.15) is 0 Å². The van der Waals surface area contributed by atoms with Gasteiger partial charge in [-0.25, -0.2) is 0 Å². The quantitative estimate of drug-likeness (QED) is 0.731. The Hall–Kier alpha value is -0.570. The summed E-state index contributed by atoms with van der Waals surface area (Å²) < 4.78 is 0. The normalized spacial score (nSPS) is 26.5. The third-order valence-electron chi connectivity index (χ3n) is 4.28. The summed E-state index contributed by atoms with van der Waals surface area (Å²) in [6.07, 6.45) is 7.92. The number of nitrogens with two attached hydrogens (primary N) is 1. The first kappa shape index (κ1) is 10.9. The van der Waals surface area contributed by atoms with Gasteiger partial charge in [-0.3, -0.25) is 4.79 Å². The number of hydrogen-bond donors (Lipinski definition) is 2. The molecule has 3 heteroatoms. The van der Waals surface area contributed by atoms with E-state index in [2.05, 4.69) is 0 Å². The minimum Gasteiger partial charge on any atom is -0.481 e. The fourth-order valence-corrected chi connectivity index (χ4v) is 3.13. The van der Waals surface area contributed by atoms with Gasteiger partial charge in [0.25, 0.3) is 0 Å². The summed E-state index contributed by atoms with van der Waals surface area (Å²) in [5.74, 6) is 0.324. The number of carboxylic acids is 1. The van der Waals surface area contributed by atoms with Gasteiger partial charge < -0.3 is 10.8 Å². The summed E-state index contributed by atoms with van der Waals surface area (Å²) >= 11 is 0. The molecule has 0 radical (unpaired) electrons. The van der Waals surface area contributed by atoms with Crippen molar-refractivity contribution in [2.24, 2.45) is 23.0 Å². The van der Waals surface area contributed by atoms with Crippen LogP contribution in [0.25, 0.3) is 0 Å². The van der Waals surface area contributed by atoms with Gasteiger partial charge in [0, 0.05) is 6.54 Å². The number of aliphatic carboxylic acids is 1. The van der Waals surface area contributed by atoms with Crippen molar-refractivity contribution >= 4 is 5.97 Å². The molecule has 0 amide bonds. The molecule has 1 unspecified atom stereocenters. The van der Waals surface area contributed by atoms with E-state index in [1.54, 1.807) is 0 Å². The Morgan fingerprint density at radius 1 is 1.27 bits per heavy atom. The number of hydrogen-bond acceptors (Lipinski definition) is 2. The molecular weight excluding hydrogens is 190 g/mol. The Labute approximate surface area is 91.0 Å². The van der Waals surface area contributed by atoms with Gasteiger partial charge in [0.2, 0.25) is 0 Å². The molecule has 2 fully saturated rings. The molecule has 0 bridgehead atoms. The van der Waals surface area contributed by atoms with E-state index in [0.29, 0.717) is 18.4 Å². The van der Waals surface area contributed by atoms with Crippen molar-refractivity contribution in [3.63, 3.8) is 0 Å². The second-order valence-corrected chi connectivity index (χ2v) is 5.29. The maximum atomic E-state index is 11.4. The summed E-state index contributed by atoms with van der Waals surface area (Å²) in [4.78, 5) is 11.4. The molecule has 2 aliphatic carbocycles. The van der Waals surface area contributed by atoms with Crippen LogP contribution in [0.15, 0.2) is 0 Å². The summed E-state index contributed by atoms with van der Waals surface area (Å²) in [6, 6.07) is 0. The van der Waals surface area contributed by atoms with Crippen LogP contribution in [-0.2, 0) is 4.79 Å². The Morgan fingerprint density at radius 3 is 2.27 bits per heavy atom. The fraction of sp³-hybridized carbons (Fsp3) is 0.917. The van der Waals surface area contributed by atoms with Crippen LogP contribution in [-0.4, -0.2) is 17.6 Å². The zero-order valence-electron chi connectivity index (χ0n) is 9.24. The van der Waals surface area contributed by atoms with Gasteiger partial charge in [0.15, 0.2) is 0 Å². The van der Waals surface area contributed by atoms with E-state index >= 15 is 0 Å². The summed E-state index contributed by atoms with van der Waals surface area (Å²) in [5.41, 5.74) is 5.16. The first-order chi connectivity index (χ1) is 7.19. The largest absolute Gasteiger partial charge is 0.481 e. The summed E-state index contributed by atoms with van der Waals surface area (Å²) in [5, 5.41) is 9.41. The predicted octanol–water partition coefficient (Wildman–Crippen LogP) is 2.01. The molecule has 15 heavy (non-hydrogen) atoms. The highest BCUT2D eigenvalue weighted by molar-refractivity contribution is 5.76. The van der Waals surface area contributed by atoms with Gasteiger partial charge in [-0.15, -0.1) is 0 Å². The van der Waals surface area contributed by atoms with Gasteiger partial charge >= 0.3 is 5.97 Å². The molecule has 3 N–H and O–H groups in total. The van der Waals surface area contributed by atoms with Crippen molar-refractivity contribution in [3.05, 3.63) is 0 Å². The van der Waals surface area contributed by atoms with Crippen LogP contribution in [0.3, 0.4) is 0 Å². The molecule has 86 valence electrons. The van der Waals surface area contributed by atoms with Crippen LogP contribution in [0.5, 0.6) is 0 Å². The summed E-state index contributed by atoms with van der Waals surface area (Å²) in [6.45, 7) is 0.323. The average Bonchev–Trinajstić information content (AvgIpc) is 2.94. The highest BCUT2D eigenvalue weighted by Gasteiger charge is 2.51. The van der Waals surface area contributed by atoms with Crippen LogP contribution in [0, 0.1) is 17.3 Å². The molecule has 1 atom stereocenters. The van der Waals surface area contributed by atoms with Crippen molar-refractivity contribution in [1.29, 1.82) is 0 Å². The van der Waals surface area contributed by atoms with Crippen LogP contribution in [0.1, 0.15) is 44.9 Å². The van der Waals surface area contributed by atoms with Gasteiger partial charge in [-0.2, -0.15) is 0 Å². The third kappa shape index (κ3) is 2.03. The number of rotatable bonds is 5.